The molecule has 174 valence electrons. The minimum atomic E-state index is -1.76. The number of aliphatic hydroxyl groups is 1. The predicted molar refractivity (Wildman–Crippen MR) is 128 cm³/mol. The number of ether oxygens (including phenoxy) is 1. The van der Waals surface area contributed by atoms with Gasteiger partial charge in [0.05, 0.1) is 30.1 Å². The third-order valence-corrected chi connectivity index (χ3v) is 6.49. The summed E-state index contributed by atoms with van der Waals surface area (Å²) >= 11 is 0. The average Bonchev–Trinajstić information content (AvgIpc) is 3.18. The monoisotopic (exact) mass is 449 g/mol. The minimum Gasteiger partial charge on any atom is -0.380 e. The molecule has 1 aromatic carbocycles. The third-order valence-electron chi connectivity index (χ3n) is 6.49. The first-order chi connectivity index (χ1) is 15.8. The summed E-state index contributed by atoms with van der Waals surface area (Å²) in [4.78, 5) is 30.3. The van der Waals surface area contributed by atoms with Crippen LogP contribution in [0.1, 0.15) is 49.4 Å². The highest BCUT2D eigenvalue weighted by Gasteiger charge is 2.35. The Hall–Kier alpha value is -2.87. The molecule has 4 rings (SSSR count). The Morgan fingerprint density at radius 1 is 1.30 bits per heavy atom. The highest BCUT2D eigenvalue weighted by molar-refractivity contribution is 5.88. The van der Waals surface area contributed by atoms with Gasteiger partial charge in [-0.05, 0) is 37.1 Å². The van der Waals surface area contributed by atoms with Crippen molar-refractivity contribution >= 4 is 17.2 Å². The Kier molecular flexibility index (Phi) is 6.47. The van der Waals surface area contributed by atoms with Crippen LogP contribution in [-0.2, 0) is 34.7 Å². The maximum absolute atomic E-state index is 13.5. The van der Waals surface area contributed by atoms with E-state index in [-0.39, 0.29) is 18.6 Å². The number of aromatic nitrogens is 2. The predicted octanol–water partition coefficient (Wildman–Crippen LogP) is 2.91. The number of nitrogens with one attached hydrogen (secondary N) is 1. The van der Waals surface area contributed by atoms with E-state index in [1.807, 2.05) is 18.2 Å². The van der Waals surface area contributed by atoms with Gasteiger partial charge in [-0.2, -0.15) is 0 Å². The zero-order chi connectivity index (χ0) is 23.8. The molecule has 0 bridgehead atoms. The van der Waals surface area contributed by atoms with Crippen molar-refractivity contribution in [2.75, 3.05) is 13.7 Å². The summed E-state index contributed by atoms with van der Waals surface area (Å²) < 4.78 is 6.96. The lowest BCUT2D eigenvalue weighted by atomic mass is 9.88. The molecule has 0 saturated carbocycles. The molecular weight excluding hydrogens is 418 g/mol. The van der Waals surface area contributed by atoms with Crippen LogP contribution in [0.5, 0.6) is 0 Å². The minimum absolute atomic E-state index is 0.0154. The zero-order valence-corrected chi connectivity index (χ0v) is 19.6. The van der Waals surface area contributed by atoms with Crippen molar-refractivity contribution in [2.24, 2.45) is 0 Å². The number of carbonyl (C=O) groups is 1. The van der Waals surface area contributed by atoms with Crippen LogP contribution in [0.4, 0.5) is 0 Å². The van der Waals surface area contributed by atoms with Crippen molar-refractivity contribution < 1.29 is 14.6 Å². The normalized spacial score (nSPS) is 14.4. The zero-order valence-electron chi connectivity index (χ0n) is 19.6. The van der Waals surface area contributed by atoms with Crippen LogP contribution in [0.2, 0.25) is 0 Å². The average molecular weight is 450 g/mol. The fourth-order valence-electron chi connectivity index (χ4n) is 4.68. The van der Waals surface area contributed by atoms with E-state index in [2.05, 4.69) is 25.2 Å². The van der Waals surface area contributed by atoms with Gasteiger partial charge < -0.3 is 19.7 Å². The highest BCUT2D eigenvalue weighted by atomic mass is 16.5. The molecule has 0 saturated heterocycles. The summed E-state index contributed by atoms with van der Waals surface area (Å²) in [6.07, 6.45) is 1.46. The number of pyridine rings is 2. The van der Waals surface area contributed by atoms with Gasteiger partial charge in [0.15, 0.2) is 6.29 Å². The molecule has 3 heterocycles. The molecule has 0 amide bonds. The molecule has 0 radical (unpaired) electrons. The first-order valence-electron chi connectivity index (χ1n) is 11.4. The van der Waals surface area contributed by atoms with Gasteiger partial charge in [0.1, 0.15) is 5.60 Å². The van der Waals surface area contributed by atoms with Crippen molar-refractivity contribution in [1.29, 1.82) is 0 Å². The van der Waals surface area contributed by atoms with Crippen molar-refractivity contribution in [3.05, 3.63) is 62.9 Å². The topological polar surface area (TPSA) is 93.5 Å². The number of benzene rings is 1. The van der Waals surface area contributed by atoms with Crippen molar-refractivity contribution in [3.63, 3.8) is 0 Å². The van der Waals surface area contributed by atoms with E-state index in [0.717, 1.165) is 35.1 Å². The molecule has 0 unspecified atom stereocenters. The molecular formula is C26H31N3O4. The number of hydrogen-bond donors (Lipinski definition) is 2. The van der Waals surface area contributed by atoms with Crippen LogP contribution >= 0.6 is 0 Å². The van der Waals surface area contributed by atoms with Gasteiger partial charge in [-0.25, -0.2) is 4.98 Å². The van der Waals surface area contributed by atoms with Gasteiger partial charge >= 0.3 is 0 Å². The lowest BCUT2D eigenvalue weighted by Gasteiger charge is -2.24. The van der Waals surface area contributed by atoms with Gasteiger partial charge in [0, 0.05) is 35.2 Å². The molecule has 33 heavy (non-hydrogen) atoms. The third kappa shape index (κ3) is 4.01. The molecule has 3 aromatic rings. The Morgan fingerprint density at radius 2 is 2.06 bits per heavy atom. The molecule has 1 atom stereocenters. The van der Waals surface area contributed by atoms with Crippen LogP contribution in [0.3, 0.4) is 0 Å². The van der Waals surface area contributed by atoms with Gasteiger partial charge in [0.25, 0.3) is 5.56 Å². The van der Waals surface area contributed by atoms with Gasteiger partial charge in [-0.15, -0.1) is 0 Å². The van der Waals surface area contributed by atoms with Crippen molar-refractivity contribution in [2.45, 2.75) is 58.4 Å². The standard InChI is InChI=1S/C26H31N3O4/c1-5-26(32,15-30)21-12-23-24-19(13-29(23)25(31)20(21)14-33-4)17(10-11-27-16(2)3)18-8-6-7-9-22(18)28-24/h6-9,12,15-16,27,32H,5,10-11,13-14H2,1-4H3/t26-/m1/s1. The molecule has 0 spiro atoms. The first kappa shape index (κ1) is 23.3. The van der Waals surface area contributed by atoms with Crippen LogP contribution in [-0.4, -0.2) is 40.6 Å². The number of para-hydroxylation sites is 1. The Balaban J connectivity index is 1.96. The smallest absolute Gasteiger partial charge is 0.257 e. The maximum atomic E-state index is 13.5. The summed E-state index contributed by atoms with van der Waals surface area (Å²) in [6.45, 7) is 7.18. The second kappa shape index (κ2) is 9.17. The van der Waals surface area contributed by atoms with Crippen LogP contribution in [0.25, 0.3) is 22.3 Å². The van der Waals surface area contributed by atoms with Gasteiger partial charge in [0.2, 0.25) is 0 Å². The Morgan fingerprint density at radius 3 is 2.73 bits per heavy atom. The Bertz CT molecular complexity index is 1260. The highest BCUT2D eigenvalue weighted by Crippen LogP contribution is 2.38. The molecule has 1 aliphatic heterocycles. The number of fused-ring (bicyclic) bond motifs is 4. The summed E-state index contributed by atoms with van der Waals surface area (Å²) in [5.41, 5.74) is 2.99. The molecule has 1 aliphatic rings. The van der Waals surface area contributed by atoms with Crippen molar-refractivity contribution in [3.8, 4) is 11.4 Å². The fraction of sp³-hybridized carbons (Fsp3) is 0.423. The largest absolute Gasteiger partial charge is 0.380 e. The molecule has 7 nitrogen and oxygen atoms in total. The number of hydrogen-bond acceptors (Lipinski definition) is 6. The van der Waals surface area contributed by atoms with Gasteiger partial charge in [-0.3, -0.25) is 9.59 Å². The summed E-state index contributed by atoms with van der Waals surface area (Å²) in [5, 5.41) is 15.6. The van der Waals surface area contributed by atoms with E-state index in [0.29, 0.717) is 35.7 Å². The molecule has 0 fully saturated rings. The Labute approximate surface area is 193 Å². The van der Waals surface area contributed by atoms with E-state index >= 15 is 0 Å². The number of carbonyl (C=O) groups excluding carboxylic acids is 1. The van der Waals surface area contributed by atoms with E-state index in [4.69, 9.17) is 9.72 Å². The lowest BCUT2D eigenvalue weighted by molar-refractivity contribution is -0.125. The van der Waals surface area contributed by atoms with Gasteiger partial charge in [-0.1, -0.05) is 39.0 Å². The first-order valence-corrected chi connectivity index (χ1v) is 11.4. The number of aldehydes is 1. The van der Waals surface area contributed by atoms with Crippen LogP contribution < -0.4 is 10.9 Å². The number of methoxy groups -OCH3 is 1. The SMILES string of the molecule is CC[C@@](O)(C=O)c1cc2n(c(=O)c1COC)Cc1c-2nc2ccccc2c1CCNC(C)C. The van der Waals surface area contributed by atoms with Crippen molar-refractivity contribution in [1.82, 2.24) is 14.9 Å². The van der Waals surface area contributed by atoms with E-state index < -0.39 is 5.60 Å². The van der Waals surface area contributed by atoms with E-state index in [1.165, 1.54) is 12.7 Å². The second-order valence-electron chi connectivity index (χ2n) is 8.94. The second-order valence-corrected chi connectivity index (χ2v) is 8.94. The van der Waals surface area contributed by atoms with E-state index in [9.17, 15) is 14.7 Å². The van der Waals surface area contributed by atoms with E-state index in [1.54, 1.807) is 17.6 Å². The number of nitrogens with zero attached hydrogens (tertiary/aromatic N) is 2. The number of rotatable bonds is 9. The molecule has 7 heteroatoms. The summed E-state index contributed by atoms with van der Waals surface area (Å²) in [7, 11) is 1.50. The molecule has 2 aromatic heterocycles. The molecule has 2 N–H and O–H groups in total. The molecule has 0 aliphatic carbocycles. The lowest BCUT2D eigenvalue weighted by Crippen LogP contribution is -2.34. The summed E-state index contributed by atoms with van der Waals surface area (Å²) in [6, 6.07) is 10.1. The maximum Gasteiger partial charge on any atom is 0.257 e. The fourth-order valence-corrected chi connectivity index (χ4v) is 4.68. The van der Waals surface area contributed by atoms with Crippen LogP contribution in [0, 0.1) is 0 Å². The van der Waals surface area contributed by atoms with Crippen LogP contribution in [0.15, 0.2) is 35.1 Å². The summed E-state index contributed by atoms with van der Waals surface area (Å²) in [5.74, 6) is 0. The quantitative estimate of drug-likeness (QED) is 0.382.